The third-order valence-electron chi connectivity index (χ3n) is 0.839. The predicted molar refractivity (Wildman–Crippen MR) is 40.4 cm³/mol. The fraction of sp³-hybridized carbons (Fsp3) is 0.500. The highest BCUT2D eigenvalue weighted by Crippen LogP contribution is 1.92. The number of amides is 1. The van der Waals surface area contributed by atoms with Crippen molar-refractivity contribution < 1.29 is 4.79 Å². The van der Waals surface area contributed by atoms with E-state index in [1.54, 1.807) is 6.21 Å². The van der Waals surface area contributed by atoms with Crippen LogP contribution in [0.2, 0.25) is 0 Å². The van der Waals surface area contributed by atoms with Crippen molar-refractivity contribution in [2.45, 2.75) is 6.42 Å². The minimum absolute atomic E-state index is 0. The third-order valence-corrected chi connectivity index (χ3v) is 0.839. The molecule has 1 rings (SSSR count). The van der Waals surface area contributed by atoms with Crippen LogP contribution in [-0.4, -0.2) is 24.2 Å². The van der Waals surface area contributed by atoms with Crippen molar-refractivity contribution in [1.29, 1.82) is 0 Å². The molecule has 3 nitrogen and oxygen atoms in total. The maximum Gasteiger partial charge on any atom is 0.229 e. The highest BCUT2D eigenvalue weighted by Gasteiger charge is 2.00. The molecule has 0 spiro atoms. The highest BCUT2D eigenvalue weighted by molar-refractivity contribution is 5.85. The molecule has 0 atom stereocenters. The van der Waals surface area contributed by atoms with Gasteiger partial charge >= 0.3 is 0 Å². The van der Waals surface area contributed by atoms with Crippen molar-refractivity contribution in [3.05, 3.63) is 0 Å². The van der Waals surface area contributed by atoms with E-state index < -0.39 is 0 Å². The van der Waals surface area contributed by atoms with Crippen LogP contribution in [-0.2, 0) is 4.79 Å². The van der Waals surface area contributed by atoms with Crippen LogP contribution in [0.25, 0.3) is 0 Å². The van der Waals surface area contributed by atoms with E-state index >= 15 is 0 Å². The van der Waals surface area contributed by atoms with Crippen LogP contribution in [0.5, 0.6) is 0 Å². The molecule has 1 aliphatic heterocycles. The van der Waals surface area contributed by atoms with Gasteiger partial charge in [0.15, 0.2) is 0 Å². The largest absolute Gasteiger partial charge is 0.277 e. The zero-order valence-electron chi connectivity index (χ0n) is 4.69. The quantitative estimate of drug-likeness (QED) is 0.534. The zero-order valence-corrected chi connectivity index (χ0v) is 6.32. The highest BCUT2D eigenvalue weighted by atomic mass is 35.5. The van der Waals surface area contributed by atoms with Gasteiger partial charge in [-0.15, -0.1) is 24.8 Å². The summed E-state index contributed by atoms with van der Waals surface area (Å²) in [6.07, 6.45) is 3.36. The van der Waals surface area contributed by atoms with Gasteiger partial charge in [-0.3, -0.25) is 4.79 Å². The second kappa shape index (κ2) is 5.85. The Labute approximate surface area is 65.9 Å². The van der Waals surface area contributed by atoms with Gasteiger partial charge in [-0.05, 0) is 0 Å². The Morgan fingerprint density at radius 1 is 1.56 bits per heavy atom. The van der Waals surface area contributed by atoms with Crippen molar-refractivity contribution in [2.75, 3.05) is 6.54 Å². The summed E-state index contributed by atoms with van der Waals surface area (Å²) in [5.74, 6) is 0. The Hall–Kier alpha value is -0.280. The van der Waals surface area contributed by atoms with Crippen molar-refractivity contribution in [3.63, 3.8) is 0 Å². The summed E-state index contributed by atoms with van der Waals surface area (Å²) in [6.45, 7) is 0.753. The van der Waals surface area contributed by atoms with E-state index in [0.717, 1.165) is 19.4 Å². The van der Waals surface area contributed by atoms with Gasteiger partial charge in [0.25, 0.3) is 0 Å². The first-order chi connectivity index (χ1) is 3.43. The van der Waals surface area contributed by atoms with Crippen molar-refractivity contribution in [3.8, 4) is 0 Å². The summed E-state index contributed by atoms with van der Waals surface area (Å²) >= 11 is 0. The van der Waals surface area contributed by atoms with Crippen molar-refractivity contribution in [1.82, 2.24) is 5.01 Å². The van der Waals surface area contributed by atoms with Crippen LogP contribution in [0.15, 0.2) is 5.10 Å². The van der Waals surface area contributed by atoms with Crippen molar-refractivity contribution in [2.24, 2.45) is 5.10 Å². The summed E-state index contributed by atoms with van der Waals surface area (Å²) in [7, 11) is 0. The predicted octanol–water partition coefficient (Wildman–Crippen LogP) is 0.678. The minimum Gasteiger partial charge on any atom is -0.277 e. The summed E-state index contributed by atoms with van der Waals surface area (Å²) in [4.78, 5) is 9.82. The van der Waals surface area contributed by atoms with Gasteiger partial charge in [-0.1, -0.05) is 0 Å². The van der Waals surface area contributed by atoms with E-state index in [-0.39, 0.29) is 24.8 Å². The van der Waals surface area contributed by atoms with E-state index in [1.165, 1.54) is 5.01 Å². The monoisotopic (exact) mass is 170 g/mol. The van der Waals surface area contributed by atoms with Crippen LogP contribution >= 0.6 is 24.8 Å². The minimum atomic E-state index is 0. The zero-order chi connectivity index (χ0) is 5.11. The molecule has 9 heavy (non-hydrogen) atoms. The molecule has 0 bridgehead atoms. The molecule has 54 valence electrons. The number of hydrogen-bond acceptors (Lipinski definition) is 2. The van der Waals surface area contributed by atoms with Gasteiger partial charge in [0.2, 0.25) is 6.41 Å². The van der Waals surface area contributed by atoms with Crippen LogP contribution in [0.3, 0.4) is 0 Å². The van der Waals surface area contributed by atoms with Gasteiger partial charge < -0.3 is 0 Å². The lowest BCUT2D eigenvalue weighted by atomic mass is 10.5. The maximum absolute atomic E-state index is 9.82. The van der Waals surface area contributed by atoms with E-state index in [9.17, 15) is 4.79 Å². The number of rotatable bonds is 1. The van der Waals surface area contributed by atoms with Gasteiger partial charge in [-0.25, -0.2) is 5.01 Å². The average Bonchev–Trinajstić information content (AvgIpc) is 2.14. The van der Waals surface area contributed by atoms with Gasteiger partial charge in [0.05, 0.1) is 0 Å². The second-order valence-electron chi connectivity index (χ2n) is 1.36. The van der Waals surface area contributed by atoms with E-state index in [2.05, 4.69) is 5.10 Å². The molecule has 0 unspecified atom stereocenters. The molecule has 0 aromatic heterocycles. The molecule has 0 saturated heterocycles. The number of hydrogen-bond donors (Lipinski definition) is 0. The third kappa shape index (κ3) is 3.32. The van der Waals surface area contributed by atoms with Gasteiger partial charge in [0, 0.05) is 19.2 Å². The van der Waals surface area contributed by atoms with Crippen LogP contribution in [0, 0.1) is 0 Å². The van der Waals surface area contributed by atoms with E-state index in [4.69, 9.17) is 0 Å². The normalized spacial score (nSPS) is 14.0. The molecule has 5 heteroatoms. The van der Waals surface area contributed by atoms with Crippen LogP contribution in [0.4, 0.5) is 0 Å². The van der Waals surface area contributed by atoms with Crippen LogP contribution < -0.4 is 0 Å². The van der Waals surface area contributed by atoms with Gasteiger partial charge in [0.1, 0.15) is 0 Å². The van der Waals surface area contributed by atoms with E-state index in [1.807, 2.05) is 0 Å². The Kier molecular flexibility index (Phi) is 7.48. The molecule has 0 saturated carbocycles. The maximum atomic E-state index is 9.82. The average molecular weight is 171 g/mol. The first-order valence-corrected chi connectivity index (χ1v) is 2.18. The number of nitrogens with zero attached hydrogens (tertiary/aromatic N) is 2. The molecule has 0 aromatic rings. The Morgan fingerprint density at radius 2 is 2.22 bits per heavy atom. The smallest absolute Gasteiger partial charge is 0.229 e. The standard InChI is InChI=1S/C4H6N2O.2ClH/c7-4-6-3-1-2-5-6;;/h2,4H,1,3H2;2*1H. The molecular formula is C4H8Cl2N2O. The Morgan fingerprint density at radius 3 is 2.44 bits per heavy atom. The Balaban J connectivity index is 0. The number of carbonyl (C=O) groups excluding carboxylic acids is 1. The molecular weight excluding hydrogens is 163 g/mol. The first-order valence-electron chi connectivity index (χ1n) is 2.18. The lowest BCUT2D eigenvalue weighted by molar-refractivity contribution is -0.117. The summed E-state index contributed by atoms with van der Waals surface area (Å²) in [5, 5.41) is 5.07. The fourth-order valence-corrected chi connectivity index (χ4v) is 0.490. The summed E-state index contributed by atoms with van der Waals surface area (Å²) in [5.41, 5.74) is 0. The molecule has 0 radical (unpaired) electrons. The topological polar surface area (TPSA) is 32.7 Å². The molecule has 1 heterocycles. The molecule has 0 fully saturated rings. The molecule has 0 N–H and O–H groups in total. The molecule has 0 aromatic carbocycles. The molecule has 0 aliphatic carbocycles. The lowest BCUT2D eigenvalue weighted by Crippen LogP contribution is -2.09. The Bertz CT molecular complexity index is 107. The number of carbonyl (C=O) groups is 1. The van der Waals surface area contributed by atoms with Crippen molar-refractivity contribution >= 4 is 37.4 Å². The molecule has 1 aliphatic rings. The second-order valence-corrected chi connectivity index (χ2v) is 1.36. The number of hydrazone groups is 1. The first kappa shape index (κ1) is 11.5. The van der Waals surface area contributed by atoms with Crippen LogP contribution in [0.1, 0.15) is 6.42 Å². The summed E-state index contributed by atoms with van der Waals surface area (Å²) in [6, 6.07) is 0. The number of halogens is 2. The van der Waals surface area contributed by atoms with Gasteiger partial charge in [-0.2, -0.15) is 5.10 Å². The lowest BCUT2D eigenvalue weighted by Gasteiger charge is -1.98. The SMILES string of the molecule is Cl.Cl.O=CN1CCC=N1. The fourth-order valence-electron chi connectivity index (χ4n) is 0.490. The van der Waals surface area contributed by atoms with E-state index in [0.29, 0.717) is 0 Å². The summed E-state index contributed by atoms with van der Waals surface area (Å²) < 4.78 is 0. The molecule has 1 amide bonds.